The van der Waals surface area contributed by atoms with Crippen LogP contribution in [-0.4, -0.2) is 53.9 Å². The van der Waals surface area contributed by atoms with Crippen LogP contribution in [0.25, 0.3) is 0 Å². The Morgan fingerprint density at radius 1 is 1.17 bits per heavy atom. The highest BCUT2D eigenvalue weighted by Gasteiger charge is 2.52. The van der Waals surface area contributed by atoms with Gasteiger partial charge >= 0.3 is 6.18 Å². The minimum absolute atomic E-state index is 0.0725. The molecule has 188 valence electrons. The highest BCUT2D eigenvalue weighted by molar-refractivity contribution is 5.94. The molecule has 7 nitrogen and oxygen atoms in total. The SMILES string of the molecule is N#Cc1ccc(N2CC(C(=O)NC3CC3)C3(CCN(C(=O)c4cccnc4)CC3)C2)cc1C(F)(F)F. The lowest BCUT2D eigenvalue weighted by Gasteiger charge is -2.42. The molecular weight excluding hydrogens is 471 g/mol. The van der Waals surface area contributed by atoms with Crippen LogP contribution in [0.5, 0.6) is 0 Å². The molecule has 1 atom stereocenters. The number of piperidine rings is 1. The second kappa shape index (κ2) is 9.12. The number of benzene rings is 1. The zero-order valence-electron chi connectivity index (χ0n) is 19.6. The molecule has 3 heterocycles. The van der Waals surface area contributed by atoms with E-state index >= 15 is 0 Å². The number of aromatic nitrogens is 1. The summed E-state index contributed by atoms with van der Waals surface area (Å²) in [5, 5.41) is 12.2. The molecule has 0 bridgehead atoms. The van der Waals surface area contributed by atoms with Crippen LogP contribution < -0.4 is 10.2 Å². The van der Waals surface area contributed by atoms with Gasteiger partial charge in [-0.15, -0.1) is 0 Å². The van der Waals surface area contributed by atoms with Gasteiger partial charge in [0.2, 0.25) is 5.91 Å². The van der Waals surface area contributed by atoms with Gasteiger partial charge in [0.25, 0.3) is 5.91 Å². The summed E-state index contributed by atoms with van der Waals surface area (Å²) in [4.78, 5) is 33.8. The van der Waals surface area contributed by atoms with Gasteiger partial charge in [-0.3, -0.25) is 14.6 Å². The molecule has 1 spiro atoms. The van der Waals surface area contributed by atoms with Crippen LogP contribution in [0, 0.1) is 22.7 Å². The molecule has 3 aliphatic rings. The Kier molecular flexibility index (Phi) is 6.10. The fourth-order valence-electron chi connectivity index (χ4n) is 5.45. The van der Waals surface area contributed by atoms with Gasteiger partial charge in [-0.1, -0.05) is 0 Å². The molecule has 2 aliphatic heterocycles. The summed E-state index contributed by atoms with van der Waals surface area (Å²) < 4.78 is 40.8. The lowest BCUT2D eigenvalue weighted by atomic mass is 9.70. The number of hydrogen-bond acceptors (Lipinski definition) is 5. The number of rotatable bonds is 4. The highest BCUT2D eigenvalue weighted by Crippen LogP contribution is 2.47. The monoisotopic (exact) mass is 497 g/mol. The number of alkyl halides is 3. The maximum absolute atomic E-state index is 13.6. The largest absolute Gasteiger partial charge is 0.417 e. The Morgan fingerprint density at radius 3 is 2.53 bits per heavy atom. The highest BCUT2D eigenvalue weighted by atomic mass is 19.4. The predicted octanol–water partition coefficient (Wildman–Crippen LogP) is 3.61. The van der Waals surface area contributed by atoms with Crippen LogP contribution in [0.2, 0.25) is 0 Å². The number of nitrogens with one attached hydrogen (secondary N) is 1. The average Bonchev–Trinajstić information content (AvgIpc) is 3.62. The van der Waals surface area contributed by atoms with E-state index in [2.05, 4.69) is 10.3 Å². The third-order valence-corrected chi connectivity index (χ3v) is 7.64. The van der Waals surface area contributed by atoms with Crippen molar-refractivity contribution in [1.82, 2.24) is 15.2 Å². The maximum Gasteiger partial charge on any atom is 0.417 e. The number of carbonyl (C=O) groups is 2. The molecule has 2 amide bonds. The first-order valence-electron chi connectivity index (χ1n) is 12.1. The summed E-state index contributed by atoms with van der Waals surface area (Å²) in [7, 11) is 0. The molecule has 0 radical (unpaired) electrons. The van der Waals surface area contributed by atoms with E-state index in [4.69, 9.17) is 5.26 Å². The lowest BCUT2D eigenvalue weighted by Crippen LogP contribution is -2.50. The first-order valence-corrected chi connectivity index (χ1v) is 12.1. The van der Waals surface area contributed by atoms with Gasteiger partial charge in [-0.25, -0.2) is 0 Å². The van der Waals surface area contributed by atoms with Gasteiger partial charge in [-0.05, 0) is 56.0 Å². The Bertz CT molecular complexity index is 1200. The first-order chi connectivity index (χ1) is 17.2. The fraction of sp³-hybridized carbons (Fsp3) is 0.462. The van der Waals surface area contributed by atoms with Gasteiger partial charge < -0.3 is 15.1 Å². The minimum atomic E-state index is -4.65. The van der Waals surface area contributed by atoms with E-state index in [0.29, 0.717) is 43.7 Å². The molecule has 5 rings (SSSR count). The summed E-state index contributed by atoms with van der Waals surface area (Å²) in [5.41, 5.74) is -1.01. The van der Waals surface area contributed by atoms with Crippen molar-refractivity contribution in [3.8, 4) is 6.07 Å². The summed E-state index contributed by atoms with van der Waals surface area (Å²) in [6.45, 7) is 1.61. The van der Waals surface area contributed by atoms with E-state index in [1.807, 2.05) is 4.90 Å². The van der Waals surface area contributed by atoms with Crippen molar-refractivity contribution in [3.63, 3.8) is 0 Å². The van der Waals surface area contributed by atoms with Crippen LogP contribution >= 0.6 is 0 Å². The number of amides is 2. The number of likely N-dealkylation sites (tertiary alicyclic amines) is 1. The van der Waals surface area contributed by atoms with Crippen LogP contribution in [0.3, 0.4) is 0 Å². The summed E-state index contributed by atoms with van der Waals surface area (Å²) >= 11 is 0. The number of pyridine rings is 1. The van der Waals surface area contributed by atoms with Gasteiger partial charge in [-0.2, -0.15) is 18.4 Å². The molecule has 1 N–H and O–H groups in total. The van der Waals surface area contributed by atoms with Gasteiger partial charge in [0, 0.05) is 55.7 Å². The maximum atomic E-state index is 13.6. The van der Waals surface area contributed by atoms with Crippen molar-refractivity contribution in [2.24, 2.45) is 11.3 Å². The molecule has 3 fully saturated rings. The number of carbonyl (C=O) groups excluding carboxylic acids is 2. The van der Waals surface area contributed by atoms with Crippen LogP contribution in [-0.2, 0) is 11.0 Å². The predicted molar refractivity (Wildman–Crippen MR) is 125 cm³/mol. The van der Waals surface area contributed by atoms with E-state index in [0.717, 1.165) is 18.9 Å². The topological polar surface area (TPSA) is 89.3 Å². The number of nitriles is 1. The van der Waals surface area contributed by atoms with Gasteiger partial charge in [0.05, 0.1) is 28.7 Å². The molecule has 36 heavy (non-hydrogen) atoms. The molecule has 1 aliphatic carbocycles. The van der Waals surface area contributed by atoms with Crippen molar-refractivity contribution in [2.45, 2.75) is 37.9 Å². The van der Waals surface area contributed by atoms with E-state index < -0.39 is 28.6 Å². The van der Waals surface area contributed by atoms with Gasteiger partial charge in [0.15, 0.2) is 0 Å². The van der Waals surface area contributed by atoms with Crippen molar-refractivity contribution in [2.75, 3.05) is 31.1 Å². The number of hydrogen-bond donors (Lipinski definition) is 1. The molecular formula is C26H26F3N5O2. The number of halogens is 3. The quantitative estimate of drug-likeness (QED) is 0.697. The Balaban J connectivity index is 1.39. The second-order valence-electron chi connectivity index (χ2n) is 9.95. The summed E-state index contributed by atoms with van der Waals surface area (Å²) in [6.07, 6.45) is 1.49. The lowest BCUT2D eigenvalue weighted by molar-refractivity contribution is -0.137. The first kappa shape index (κ1) is 24.1. The summed E-state index contributed by atoms with van der Waals surface area (Å²) in [6, 6.07) is 8.93. The summed E-state index contributed by atoms with van der Waals surface area (Å²) in [5.74, 6) is -0.593. The standard InChI is InChI=1S/C26H26F3N5O2/c27-26(28,29)21-12-20(6-3-17(21)13-30)34-15-22(23(35)32-19-4-5-19)25(16-34)7-10-33(11-8-25)24(36)18-2-1-9-31-14-18/h1-3,6,9,12,14,19,22H,4-5,7-8,10-11,15-16H2,(H,32,35). The van der Waals surface area contributed by atoms with Crippen LogP contribution in [0.1, 0.15) is 47.2 Å². The Hall–Kier alpha value is -3.61. The van der Waals surface area contributed by atoms with Crippen LogP contribution in [0.4, 0.5) is 18.9 Å². The molecule has 10 heteroatoms. The molecule has 1 saturated carbocycles. The van der Waals surface area contributed by atoms with Crippen LogP contribution in [0.15, 0.2) is 42.7 Å². The Labute approximate surface area is 206 Å². The van der Waals surface area contributed by atoms with E-state index in [1.54, 1.807) is 29.3 Å². The smallest absolute Gasteiger partial charge is 0.370 e. The minimum Gasteiger partial charge on any atom is -0.370 e. The van der Waals surface area contributed by atoms with E-state index in [1.165, 1.54) is 18.3 Å². The third kappa shape index (κ3) is 4.62. The third-order valence-electron chi connectivity index (χ3n) is 7.64. The second-order valence-corrected chi connectivity index (χ2v) is 9.95. The average molecular weight is 498 g/mol. The molecule has 2 saturated heterocycles. The van der Waals surface area contributed by atoms with E-state index in [-0.39, 0.29) is 24.4 Å². The zero-order valence-corrected chi connectivity index (χ0v) is 19.6. The van der Waals surface area contributed by atoms with Crippen molar-refractivity contribution >= 4 is 17.5 Å². The number of anilines is 1. The van der Waals surface area contributed by atoms with Crippen molar-refractivity contribution in [3.05, 3.63) is 59.4 Å². The zero-order chi connectivity index (χ0) is 25.5. The normalized spacial score (nSPS) is 21.3. The molecule has 2 aromatic rings. The van der Waals surface area contributed by atoms with Gasteiger partial charge in [0.1, 0.15) is 0 Å². The van der Waals surface area contributed by atoms with E-state index in [9.17, 15) is 22.8 Å². The Morgan fingerprint density at radius 2 is 1.92 bits per heavy atom. The number of nitrogens with zero attached hydrogens (tertiary/aromatic N) is 4. The molecule has 1 aromatic carbocycles. The van der Waals surface area contributed by atoms with Crippen molar-refractivity contribution in [1.29, 1.82) is 5.26 Å². The fourth-order valence-corrected chi connectivity index (χ4v) is 5.45. The van der Waals surface area contributed by atoms with Crippen molar-refractivity contribution < 1.29 is 22.8 Å². The molecule has 1 aromatic heterocycles. The molecule has 1 unspecified atom stereocenters.